The third-order valence-corrected chi connectivity index (χ3v) is 7.22. The van der Waals surface area contributed by atoms with E-state index < -0.39 is 6.04 Å². The number of hydrazone groups is 1. The third-order valence-electron chi connectivity index (χ3n) is 7.22. The summed E-state index contributed by atoms with van der Waals surface area (Å²) in [6.45, 7) is 4.52. The molecule has 3 aromatic rings. The Bertz CT molecular complexity index is 1290. The summed E-state index contributed by atoms with van der Waals surface area (Å²) in [4.78, 5) is 18.3. The van der Waals surface area contributed by atoms with Crippen molar-refractivity contribution in [2.24, 2.45) is 5.10 Å². The molecule has 1 fully saturated rings. The van der Waals surface area contributed by atoms with E-state index in [1.165, 1.54) is 16.6 Å². The molecule has 198 valence electrons. The summed E-state index contributed by atoms with van der Waals surface area (Å²) < 4.78 is 25.8. The van der Waals surface area contributed by atoms with Crippen LogP contribution in [0.15, 0.2) is 77.9 Å². The number of carbonyl (C=O) groups is 1. The van der Waals surface area contributed by atoms with Crippen LogP contribution in [0.1, 0.15) is 29.2 Å². The van der Waals surface area contributed by atoms with Crippen LogP contribution in [-0.2, 0) is 11.3 Å². The molecule has 0 N–H and O–H groups in total. The molecule has 0 bridgehead atoms. The molecule has 1 amide bonds. The number of benzene rings is 3. The smallest absolute Gasteiger partial charge is 0.257 e. The minimum atomic E-state index is -0.429. The van der Waals surface area contributed by atoms with Crippen molar-refractivity contribution in [1.29, 1.82) is 0 Å². The van der Waals surface area contributed by atoms with E-state index in [0.29, 0.717) is 29.2 Å². The maximum atomic E-state index is 14.7. The number of halogens is 1. The van der Waals surface area contributed by atoms with Crippen LogP contribution in [-0.4, -0.2) is 73.4 Å². The SMILES string of the molecule is COc1ccc(OC)c([C@@H]2CC(c3ccccc3F)=NN2C(=O)CN2CCN(Cc3ccccc3)CC2)c1. The number of amides is 1. The zero-order valence-corrected chi connectivity index (χ0v) is 21.8. The molecule has 7 nitrogen and oxygen atoms in total. The molecule has 0 unspecified atom stereocenters. The van der Waals surface area contributed by atoms with Crippen LogP contribution in [0.4, 0.5) is 4.39 Å². The fraction of sp³-hybridized carbons (Fsp3) is 0.333. The number of nitrogens with zero attached hydrogens (tertiary/aromatic N) is 4. The second-order valence-electron chi connectivity index (χ2n) is 9.63. The number of carbonyl (C=O) groups excluding carboxylic acids is 1. The van der Waals surface area contributed by atoms with E-state index in [4.69, 9.17) is 9.47 Å². The van der Waals surface area contributed by atoms with Crippen molar-refractivity contribution in [3.8, 4) is 11.5 Å². The van der Waals surface area contributed by atoms with Gasteiger partial charge in [0.2, 0.25) is 0 Å². The predicted molar refractivity (Wildman–Crippen MR) is 145 cm³/mol. The molecule has 2 heterocycles. The monoisotopic (exact) mass is 516 g/mol. The fourth-order valence-electron chi connectivity index (χ4n) is 5.15. The van der Waals surface area contributed by atoms with Crippen molar-refractivity contribution < 1.29 is 18.7 Å². The first kappa shape index (κ1) is 25.9. The maximum absolute atomic E-state index is 14.7. The van der Waals surface area contributed by atoms with Crippen LogP contribution in [0.2, 0.25) is 0 Å². The van der Waals surface area contributed by atoms with Crippen LogP contribution >= 0.6 is 0 Å². The number of ether oxygens (including phenoxy) is 2. The molecule has 0 spiro atoms. The molecule has 8 heteroatoms. The molecule has 0 radical (unpaired) electrons. The van der Waals surface area contributed by atoms with Crippen LogP contribution in [0.25, 0.3) is 0 Å². The number of piperazine rings is 1. The van der Waals surface area contributed by atoms with Gasteiger partial charge in [0.1, 0.15) is 17.3 Å². The topological polar surface area (TPSA) is 57.6 Å². The van der Waals surface area contributed by atoms with E-state index in [9.17, 15) is 9.18 Å². The highest BCUT2D eigenvalue weighted by atomic mass is 19.1. The molecule has 5 rings (SSSR count). The van der Waals surface area contributed by atoms with Crippen molar-refractivity contribution in [1.82, 2.24) is 14.8 Å². The lowest BCUT2D eigenvalue weighted by Gasteiger charge is -2.35. The van der Waals surface area contributed by atoms with Gasteiger partial charge in [-0.25, -0.2) is 9.40 Å². The minimum Gasteiger partial charge on any atom is -0.497 e. The number of hydrogen-bond acceptors (Lipinski definition) is 6. The van der Waals surface area contributed by atoms with Crippen molar-refractivity contribution in [2.45, 2.75) is 19.0 Å². The lowest BCUT2D eigenvalue weighted by molar-refractivity contribution is -0.134. The average molecular weight is 517 g/mol. The molecule has 0 aromatic heterocycles. The molecule has 3 aromatic carbocycles. The van der Waals surface area contributed by atoms with E-state index in [1.54, 1.807) is 32.4 Å². The summed E-state index contributed by atoms with van der Waals surface area (Å²) >= 11 is 0. The summed E-state index contributed by atoms with van der Waals surface area (Å²) in [6.07, 6.45) is 0.376. The van der Waals surface area contributed by atoms with Crippen LogP contribution < -0.4 is 9.47 Å². The van der Waals surface area contributed by atoms with Crippen molar-refractivity contribution in [3.05, 3.63) is 95.3 Å². The van der Waals surface area contributed by atoms with E-state index >= 15 is 0 Å². The summed E-state index contributed by atoms with van der Waals surface area (Å²) in [5.41, 5.74) is 3.02. The van der Waals surface area contributed by atoms with E-state index in [1.807, 2.05) is 24.3 Å². The maximum Gasteiger partial charge on any atom is 0.257 e. The Labute approximate surface area is 223 Å². The van der Waals surface area contributed by atoms with Crippen molar-refractivity contribution >= 4 is 11.6 Å². The fourth-order valence-corrected chi connectivity index (χ4v) is 5.15. The second-order valence-corrected chi connectivity index (χ2v) is 9.63. The highest BCUT2D eigenvalue weighted by Crippen LogP contribution is 2.39. The highest BCUT2D eigenvalue weighted by molar-refractivity contribution is 6.03. The highest BCUT2D eigenvalue weighted by Gasteiger charge is 2.36. The summed E-state index contributed by atoms with van der Waals surface area (Å²) in [7, 11) is 3.20. The molecular formula is C30H33FN4O3. The van der Waals surface area contributed by atoms with Gasteiger partial charge >= 0.3 is 0 Å². The van der Waals surface area contributed by atoms with E-state index in [-0.39, 0.29) is 18.3 Å². The van der Waals surface area contributed by atoms with Gasteiger partial charge in [-0.3, -0.25) is 14.6 Å². The zero-order valence-electron chi connectivity index (χ0n) is 21.8. The quantitative estimate of drug-likeness (QED) is 0.446. The number of hydrogen-bond donors (Lipinski definition) is 0. The Morgan fingerprint density at radius 1 is 0.921 bits per heavy atom. The molecule has 2 aliphatic heterocycles. The van der Waals surface area contributed by atoms with E-state index in [2.05, 4.69) is 39.2 Å². The van der Waals surface area contributed by atoms with Gasteiger partial charge in [-0.1, -0.05) is 48.5 Å². The molecular weight excluding hydrogens is 483 g/mol. The van der Waals surface area contributed by atoms with Crippen molar-refractivity contribution in [2.75, 3.05) is 46.9 Å². The summed E-state index contributed by atoms with van der Waals surface area (Å²) in [5, 5.41) is 6.18. The first-order valence-electron chi connectivity index (χ1n) is 12.9. The van der Waals surface area contributed by atoms with Gasteiger partial charge < -0.3 is 9.47 Å². The lowest BCUT2D eigenvalue weighted by atomic mass is 9.97. The van der Waals surface area contributed by atoms with Gasteiger partial charge in [0.05, 0.1) is 32.5 Å². The van der Waals surface area contributed by atoms with Crippen LogP contribution in [0, 0.1) is 5.82 Å². The van der Waals surface area contributed by atoms with Gasteiger partial charge in [0.15, 0.2) is 0 Å². The Hall–Kier alpha value is -3.75. The lowest BCUT2D eigenvalue weighted by Crippen LogP contribution is -2.49. The molecule has 0 saturated carbocycles. The average Bonchev–Trinajstić information content (AvgIpc) is 3.40. The van der Waals surface area contributed by atoms with Crippen LogP contribution in [0.5, 0.6) is 11.5 Å². The predicted octanol–water partition coefficient (Wildman–Crippen LogP) is 4.34. The summed E-state index contributed by atoms with van der Waals surface area (Å²) in [6, 6.07) is 22.1. The minimum absolute atomic E-state index is 0.122. The van der Waals surface area contributed by atoms with E-state index in [0.717, 1.165) is 38.3 Å². The van der Waals surface area contributed by atoms with Gasteiger partial charge in [-0.05, 0) is 29.8 Å². The van der Waals surface area contributed by atoms with Gasteiger partial charge in [0.25, 0.3) is 5.91 Å². The first-order chi connectivity index (χ1) is 18.6. The van der Waals surface area contributed by atoms with Gasteiger partial charge in [-0.15, -0.1) is 0 Å². The molecule has 0 aliphatic carbocycles. The number of rotatable bonds is 8. The molecule has 38 heavy (non-hydrogen) atoms. The van der Waals surface area contributed by atoms with Crippen molar-refractivity contribution in [3.63, 3.8) is 0 Å². The largest absolute Gasteiger partial charge is 0.497 e. The second kappa shape index (κ2) is 11.8. The normalized spacial score (nSPS) is 18.3. The first-order valence-corrected chi connectivity index (χ1v) is 12.9. The van der Waals surface area contributed by atoms with Gasteiger partial charge in [0, 0.05) is 50.3 Å². The summed E-state index contributed by atoms with van der Waals surface area (Å²) in [5.74, 6) is 0.810. The Morgan fingerprint density at radius 3 is 2.34 bits per heavy atom. The molecule has 1 atom stereocenters. The number of methoxy groups -OCH3 is 2. The molecule has 2 aliphatic rings. The third kappa shape index (κ3) is 5.71. The van der Waals surface area contributed by atoms with Gasteiger partial charge in [-0.2, -0.15) is 5.10 Å². The zero-order chi connectivity index (χ0) is 26.5. The standard InChI is InChI=1S/C30H33FN4O3/c1-37-23-12-13-29(38-2)25(18-23)28-19-27(24-10-6-7-11-26(24)31)32-35(28)30(36)21-34-16-14-33(15-17-34)20-22-8-4-3-5-9-22/h3-13,18,28H,14-17,19-21H2,1-2H3/t28-/m0/s1. The Balaban J connectivity index is 1.34. The Kier molecular flexibility index (Phi) is 8.00. The molecule has 1 saturated heterocycles. The van der Waals surface area contributed by atoms with Crippen LogP contribution in [0.3, 0.4) is 0 Å². The Morgan fingerprint density at radius 2 is 1.63 bits per heavy atom.